The van der Waals surface area contributed by atoms with Crippen LogP contribution >= 0.6 is 11.6 Å². The molecule has 1 amide bonds. The number of hydrogen-bond acceptors (Lipinski definition) is 4. The average Bonchev–Trinajstić information content (AvgIpc) is 3.36. The third-order valence-electron chi connectivity index (χ3n) is 6.91. The topological polar surface area (TPSA) is 104 Å². The second-order valence-electron chi connectivity index (χ2n) is 9.59. The van der Waals surface area contributed by atoms with E-state index in [2.05, 4.69) is 5.32 Å². The summed E-state index contributed by atoms with van der Waals surface area (Å²) in [5.41, 5.74) is 1.20. The number of halogens is 4. The van der Waals surface area contributed by atoms with Gasteiger partial charge in [0.1, 0.15) is 6.04 Å². The molecule has 42 heavy (non-hydrogen) atoms. The molecule has 0 saturated carbocycles. The Morgan fingerprint density at radius 3 is 2.26 bits per heavy atom. The van der Waals surface area contributed by atoms with Gasteiger partial charge in [0.2, 0.25) is 5.91 Å². The number of hydrogen-bond donors (Lipinski definition) is 2. The quantitative estimate of drug-likeness (QED) is 0.260. The molecule has 0 aromatic heterocycles. The van der Waals surface area contributed by atoms with Crippen molar-refractivity contribution in [1.82, 2.24) is 5.32 Å². The molecule has 0 radical (unpaired) electrons. The van der Waals surface area contributed by atoms with Gasteiger partial charge in [-0.15, -0.1) is 0 Å². The highest BCUT2D eigenvalue weighted by Crippen LogP contribution is 2.39. The molecule has 2 N–H and O–H groups in total. The highest BCUT2D eigenvalue weighted by Gasteiger charge is 2.42. The van der Waals surface area contributed by atoms with E-state index in [0.717, 1.165) is 22.5 Å². The Morgan fingerprint density at radius 2 is 1.62 bits per heavy atom. The molecule has 1 aliphatic heterocycles. The minimum Gasteiger partial charge on any atom is -0.478 e. The Bertz CT molecular complexity index is 1780. The average molecular weight is 615 g/mol. The van der Waals surface area contributed by atoms with Crippen LogP contribution in [0.2, 0.25) is 5.02 Å². The smallest absolute Gasteiger partial charge is 0.416 e. The number of nitrogens with one attached hydrogen (secondary N) is 1. The molecule has 4 aromatic rings. The van der Waals surface area contributed by atoms with Crippen molar-refractivity contribution in [2.45, 2.75) is 30.1 Å². The summed E-state index contributed by atoms with van der Waals surface area (Å²) in [5, 5.41) is 11.9. The van der Waals surface area contributed by atoms with Crippen LogP contribution in [0.25, 0.3) is 11.1 Å². The maximum absolute atomic E-state index is 13.9. The van der Waals surface area contributed by atoms with Gasteiger partial charge in [0.25, 0.3) is 10.0 Å². The first kappa shape index (κ1) is 29.2. The maximum Gasteiger partial charge on any atom is 0.416 e. The molecular formula is C30H22ClF3N2O5S. The second-order valence-corrected chi connectivity index (χ2v) is 11.8. The molecule has 4 aromatic carbocycles. The number of anilines is 1. The van der Waals surface area contributed by atoms with Gasteiger partial charge in [0.05, 0.1) is 21.7 Å². The van der Waals surface area contributed by atoms with Gasteiger partial charge in [0, 0.05) is 23.6 Å². The highest BCUT2D eigenvalue weighted by molar-refractivity contribution is 7.93. The zero-order chi connectivity index (χ0) is 30.2. The van der Waals surface area contributed by atoms with Crippen LogP contribution < -0.4 is 9.62 Å². The Labute approximate surface area is 244 Å². The molecule has 0 bridgehead atoms. The van der Waals surface area contributed by atoms with E-state index in [0.29, 0.717) is 16.8 Å². The van der Waals surface area contributed by atoms with E-state index in [1.54, 1.807) is 36.4 Å². The fourth-order valence-corrected chi connectivity index (χ4v) is 6.64. The number of carboxylic acids is 1. The number of fused-ring (bicyclic) bond motifs is 1. The largest absolute Gasteiger partial charge is 0.478 e. The van der Waals surface area contributed by atoms with Crippen molar-refractivity contribution < 1.29 is 36.3 Å². The Kier molecular flexibility index (Phi) is 7.74. The molecule has 1 heterocycles. The van der Waals surface area contributed by atoms with E-state index in [9.17, 15) is 31.2 Å². The first-order chi connectivity index (χ1) is 19.9. The maximum atomic E-state index is 13.9. The number of carbonyl (C=O) groups excluding carboxylic acids is 1. The van der Waals surface area contributed by atoms with Gasteiger partial charge >= 0.3 is 12.1 Å². The molecule has 0 aliphatic carbocycles. The van der Waals surface area contributed by atoms with Crippen LogP contribution in [0.5, 0.6) is 0 Å². The number of aromatic carboxylic acids is 1. The summed E-state index contributed by atoms with van der Waals surface area (Å²) < 4.78 is 68.6. The molecule has 0 saturated heterocycles. The Balaban J connectivity index is 1.42. The number of benzene rings is 4. The van der Waals surface area contributed by atoms with E-state index < -0.39 is 39.7 Å². The number of nitrogens with zero attached hydrogens (tertiary/aromatic N) is 1. The third kappa shape index (κ3) is 5.70. The van der Waals surface area contributed by atoms with Crippen LogP contribution in [-0.4, -0.2) is 31.4 Å². The number of sulfonamides is 1. The SMILES string of the molecule is O=C(O)c1ccc(CNC(=O)[C@@H]2Cc3ccccc3N2S(=O)(=O)c2ccc(-c3cc(C(F)(F)F)ccc3Cl)cc2)cc1. The molecule has 5 rings (SSSR count). The Morgan fingerprint density at radius 1 is 0.952 bits per heavy atom. The molecule has 0 fully saturated rings. The van der Waals surface area contributed by atoms with Crippen LogP contribution in [0.4, 0.5) is 18.9 Å². The van der Waals surface area contributed by atoms with Crippen molar-refractivity contribution >= 4 is 39.2 Å². The molecule has 1 atom stereocenters. The van der Waals surface area contributed by atoms with Crippen LogP contribution in [-0.2, 0) is 34.0 Å². The van der Waals surface area contributed by atoms with Gasteiger partial charge < -0.3 is 10.4 Å². The minimum atomic E-state index is -4.58. The fraction of sp³-hybridized carbons (Fsp3) is 0.133. The van der Waals surface area contributed by atoms with Gasteiger partial charge in [0.15, 0.2) is 0 Å². The summed E-state index contributed by atoms with van der Waals surface area (Å²) in [4.78, 5) is 24.2. The lowest BCUT2D eigenvalue weighted by molar-refractivity contribution is -0.137. The summed E-state index contributed by atoms with van der Waals surface area (Å²) in [6.45, 7) is 0.0475. The van der Waals surface area contributed by atoms with Gasteiger partial charge in [-0.2, -0.15) is 13.2 Å². The predicted octanol–water partition coefficient (Wildman–Crippen LogP) is 6.16. The lowest BCUT2D eigenvalue weighted by Gasteiger charge is -2.26. The summed E-state index contributed by atoms with van der Waals surface area (Å²) in [7, 11) is -4.29. The van der Waals surface area contributed by atoms with Crippen LogP contribution in [0.3, 0.4) is 0 Å². The Hall–Kier alpha value is -4.35. The normalized spacial score (nSPS) is 14.9. The van der Waals surface area contributed by atoms with Gasteiger partial charge in [-0.1, -0.05) is 54.1 Å². The number of carboxylic acid groups (broad SMARTS) is 1. The second kappa shape index (κ2) is 11.1. The minimum absolute atomic E-state index is 0.0475. The van der Waals surface area contributed by atoms with Crippen LogP contribution in [0.1, 0.15) is 27.0 Å². The first-order valence-corrected chi connectivity index (χ1v) is 14.4. The molecule has 1 aliphatic rings. The van der Waals surface area contributed by atoms with E-state index in [1.807, 2.05) is 0 Å². The van der Waals surface area contributed by atoms with E-state index in [1.165, 1.54) is 36.4 Å². The molecule has 12 heteroatoms. The van der Waals surface area contributed by atoms with Crippen molar-refractivity contribution in [2.24, 2.45) is 0 Å². The predicted molar refractivity (Wildman–Crippen MR) is 151 cm³/mol. The summed E-state index contributed by atoms with van der Waals surface area (Å²) in [6.07, 6.45) is -4.46. The van der Waals surface area contributed by atoms with E-state index in [4.69, 9.17) is 16.7 Å². The zero-order valence-corrected chi connectivity index (χ0v) is 23.2. The number of para-hydroxylation sites is 1. The van der Waals surface area contributed by atoms with Gasteiger partial charge in [-0.05, 0) is 65.2 Å². The monoisotopic (exact) mass is 614 g/mol. The number of amides is 1. The molecule has 7 nitrogen and oxygen atoms in total. The lowest BCUT2D eigenvalue weighted by Crippen LogP contribution is -2.47. The number of alkyl halides is 3. The van der Waals surface area contributed by atoms with Crippen molar-refractivity contribution in [1.29, 1.82) is 0 Å². The number of rotatable bonds is 7. The molecular weight excluding hydrogens is 593 g/mol. The number of carbonyl (C=O) groups is 2. The highest BCUT2D eigenvalue weighted by atomic mass is 35.5. The van der Waals surface area contributed by atoms with Crippen molar-refractivity contribution in [2.75, 3.05) is 4.31 Å². The first-order valence-electron chi connectivity index (χ1n) is 12.6. The molecule has 216 valence electrons. The fourth-order valence-electron chi connectivity index (χ4n) is 4.77. The third-order valence-corrected chi connectivity index (χ3v) is 9.08. The van der Waals surface area contributed by atoms with E-state index >= 15 is 0 Å². The molecule has 0 spiro atoms. The van der Waals surface area contributed by atoms with Gasteiger partial charge in [-0.3, -0.25) is 9.10 Å². The van der Waals surface area contributed by atoms with Crippen LogP contribution in [0.15, 0.2) is 95.9 Å². The summed E-state index contributed by atoms with van der Waals surface area (Å²) in [5.74, 6) is -1.63. The zero-order valence-electron chi connectivity index (χ0n) is 21.6. The van der Waals surface area contributed by atoms with Crippen molar-refractivity contribution in [3.05, 3.63) is 118 Å². The van der Waals surface area contributed by atoms with Crippen molar-refractivity contribution in [3.63, 3.8) is 0 Å². The lowest BCUT2D eigenvalue weighted by atomic mass is 10.0. The summed E-state index contributed by atoms with van der Waals surface area (Å²) >= 11 is 6.16. The van der Waals surface area contributed by atoms with Crippen molar-refractivity contribution in [3.8, 4) is 11.1 Å². The van der Waals surface area contributed by atoms with Crippen LogP contribution in [0, 0.1) is 0 Å². The summed E-state index contributed by atoms with van der Waals surface area (Å²) in [6, 6.07) is 19.7. The standard InChI is InChI=1S/C30H22ClF3N2O5S/c31-25-14-11-22(30(32,33)34)16-24(25)19-9-12-23(13-10-19)42(40,41)36-26-4-2-1-3-21(26)15-27(36)28(37)35-17-18-5-7-20(8-6-18)29(38)39/h1-14,16,27H,15,17H2,(H,35,37)(H,38,39)/t27-/m0/s1. The van der Waals surface area contributed by atoms with Gasteiger partial charge in [-0.25, -0.2) is 13.2 Å². The molecule has 0 unspecified atom stereocenters. The van der Waals surface area contributed by atoms with E-state index in [-0.39, 0.29) is 39.6 Å².